The summed E-state index contributed by atoms with van der Waals surface area (Å²) < 4.78 is 11.8. The Bertz CT molecular complexity index is 368. The summed E-state index contributed by atoms with van der Waals surface area (Å²) in [6, 6.07) is 0. The third-order valence-corrected chi connectivity index (χ3v) is 9.65. The summed E-state index contributed by atoms with van der Waals surface area (Å²) in [5.74, 6) is 1.53. The summed E-state index contributed by atoms with van der Waals surface area (Å²) in [5.41, 5.74) is 1.11. The van der Waals surface area contributed by atoms with Crippen LogP contribution in [0.25, 0.3) is 0 Å². The zero-order chi connectivity index (χ0) is 14.3. The number of aliphatic hydroxyl groups is 1. The first-order valence-corrected chi connectivity index (χ1v) is 10.3. The van der Waals surface area contributed by atoms with Gasteiger partial charge in [-0.3, -0.25) is 0 Å². The molecule has 1 aliphatic carbocycles. The highest BCUT2D eigenvalue weighted by Crippen LogP contribution is 2.42. The van der Waals surface area contributed by atoms with Crippen LogP contribution in [0, 0.1) is 11.8 Å². The summed E-state index contributed by atoms with van der Waals surface area (Å²) in [6.07, 6.45) is 1.89. The van der Waals surface area contributed by atoms with Gasteiger partial charge >= 0.3 is 0 Å². The van der Waals surface area contributed by atoms with E-state index in [4.69, 9.17) is 9.16 Å². The van der Waals surface area contributed by atoms with Crippen molar-refractivity contribution in [3.05, 3.63) is 11.3 Å². The topological polar surface area (TPSA) is 38.7 Å². The molecule has 0 spiro atoms. The summed E-state index contributed by atoms with van der Waals surface area (Å²) >= 11 is 0. The molecule has 0 saturated carbocycles. The van der Waals surface area contributed by atoms with Gasteiger partial charge in [0.05, 0.1) is 19.0 Å². The number of hydrogen-bond acceptors (Lipinski definition) is 3. The van der Waals surface area contributed by atoms with E-state index in [9.17, 15) is 5.11 Å². The minimum absolute atomic E-state index is 0.213. The van der Waals surface area contributed by atoms with E-state index in [1.165, 1.54) is 0 Å². The van der Waals surface area contributed by atoms with Crippen LogP contribution in [-0.4, -0.2) is 33.2 Å². The first kappa shape index (κ1) is 15.1. The molecule has 0 bridgehead atoms. The van der Waals surface area contributed by atoms with Gasteiger partial charge in [0, 0.05) is 18.9 Å². The minimum atomic E-state index is -1.74. The molecule has 0 aromatic rings. The normalized spacial score (nSPS) is 28.7. The van der Waals surface area contributed by atoms with Crippen LogP contribution in [0.2, 0.25) is 18.1 Å². The summed E-state index contributed by atoms with van der Waals surface area (Å²) in [7, 11) is -1.74. The van der Waals surface area contributed by atoms with Gasteiger partial charge in [-0.05, 0) is 36.0 Å². The molecule has 110 valence electrons. The Morgan fingerprint density at radius 3 is 2.68 bits per heavy atom. The molecule has 2 atom stereocenters. The number of hydrogen-bond donors (Lipinski definition) is 1. The van der Waals surface area contributed by atoms with Crippen LogP contribution in [0.5, 0.6) is 0 Å². The van der Waals surface area contributed by atoms with Crippen LogP contribution in [0.1, 0.15) is 33.6 Å². The second-order valence-corrected chi connectivity index (χ2v) is 12.3. The van der Waals surface area contributed by atoms with Crippen LogP contribution in [0.3, 0.4) is 0 Å². The first-order chi connectivity index (χ1) is 8.72. The summed E-state index contributed by atoms with van der Waals surface area (Å²) in [5, 5.41) is 10.4. The Morgan fingerprint density at radius 2 is 2.05 bits per heavy atom. The average molecular weight is 284 g/mol. The van der Waals surface area contributed by atoms with Crippen molar-refractivity contribution in [3.8, 4) is 0 Å². The Balaban J connectivity index is 2.01. The van der Waals surface area contributed by atoms with E-state index in [-0.39, 0.29) is 5.04 Å². The molecule has 3 nitrogen and oxygen atoms in total. The van der Waals surface area contributed by atoms with E-state index < -0.39 is 8.32 Å². The summed E-state index contributed by atoms with van der Waals surface area (Å²) in [6.45, 7) is 13.4. The fraction of sp³-hybridized carbons (Fsp3) is 0.867. The van der Waals surface area contributed by atoms with Crippen LogP contribution >= 0.6 is 0 Å². The molecule has 0 unspecified atom stereocenters. The molecule has 1 heterocycles. The molecule has 2 aliphatic rings. The maximum atomic E-state index is 10.2. The maximum absolute atomic E-state index is 10.2. The van der Waals surface area contributed by atoms with E-state index in [1.807, 2.05) is 0 Å². The van der Waals surface area contributed by atoms with Crippen molar-refractivity contribution in [1.29, 1.82) is 0 Å². The molecule has 2 rings (SSSR count). The molecule has 1 fully saturated rings. The molecule has 19 heavy (non-hydrogen) atoms. The SMILES string of the molecule is CC(C)(C)[Si](C)(C)OCC1=C(O)C[C@H]2CCOC[C@H]12. The Kier molecular flexibility index (Phi) is 4.14. The van der Waals surface area contributed by atoms with E-state index in [0.717, 1.165) is 31.6 Å². The van der Waals surface area contributed by atoms with Crippen molar-refractivity contribution in [2.24, 2.45) is 11.8 Å². The quantitative estimate of drug-likeness (QED) is 0.799. The highest BCUT2D eigenvalue weighted by molar-refractivity contribution is 6.74. The lowest BCUT2D eigenvalue weighted by atomic mass is 9.88. The van der Waals surface area contributed by atoms with Crippen molar-refractivity contribution in [2.75, 3.05) is 19.8 Å². The van der Waals surface area contributed by atoms with Gasteiger partial charge in [0.15, 0.2) is 8.32 Å². The molecular weight excluding hydrogens is 256 g/mol. The smallest absolute Gasteiger partial charge is 0.192 e. The predicted molar refractivity (Wildman–Crippen MR) is 79.8 cm³/mol. The second-order valence-electron chi connectivity index (χ2n) is 7.46. The van der Waals surface area contributed by atoms with Crippen molar-refractivity contribution in [1.82, 2.24) is 0 Å². The zero-order valence-corrected chi connectivity index (χ0v) is 14.0. The van der Waals surface area contributed by atoms with Crippen molar-refractivity contribution in [2.45, 2.75) is 51.7 Å². The number of rotatable bonds is 3. The highest BCUT2D eigenvalue weighted by Gasteiger charge is 2.41. The third kappa shape index (κ3) is 3.06. The van der Waals surface area contributed by atoms with Crippen molar-refractivity contribution >= 4 is 8.32 Å². The number of ether oxygens (including phenoxy) is 1. The standard InChI is InChI=1S/C15H28O3Si/c1-15(2,3)19(4,5)18-10-13-12-9-17-7-6-11(12)8-14(13)16/h11-12,16H,6-10H2,1-5H3/t11-,12+/m1/s1. The molecule has 1 saturated heterocycles. The molecule has 1 N–H and O–H groups in total. The van der Waals surface area contributed by atoms with Crippen molar-refractivity contribution < 1.29 is 14.3 Å². The summed E-state index contributed by atoms with van der Waals surface area (Å²) in [4.78, 5) is 0. The Hall–Kier alpha value is -0.323. The predicted octanol–water partition coefficient (Wildman–Crippen LogP) is 3.88. The average Bonchev–Trinajstić information content (AvgIpc) is 2.60. The van der Waals surface area contributed by atoms with Gasteiger partial charge in [-0.1, -0.05) is 20.8 Å². The van der Waals surface area contributed by atoms with Gasteiger partial charge in [-0.2, -0.15) is 0 Å². The van der Waals surface area contributed by atoms with Gasteiger partial charge in [-0.25, -0.2) is 0 Å². The van der Waals surface area contributed by atoms with Crippen molar-refractivity contribution in [3.63, 3.8) is 0 Å². The van der Waals surface area contributed by atoms with E-state index in [2.05, 4.69) is 33.9 Å². The Labute approximate surface area is 118 Å². The third-order valence-electron chi connectivity index (χ3n) is 5.17. The number of aliphatic hydroxyl groups excluding tert-OH is 1. The fourth-order valence-electron chi connectivity index (χ4n) is 2.67. The number of fused-ring (bicyclic) bond motifs is 1. The molecular formula is C15H28O3Si. The molecule has 0 amide bonds. The molecule has 4 heteroatoms. The number of allylic oxidation sites excluding steroid dienone is 1. The van der Waals surface area contributed by atoms with Gasteiger partial charge in [0.1, 0.15) is 0 Å². The van der Waals surface area contributed by atoms with Gasteiger partial charge < -0.3 is 14.3 Å². The first-order valence-electron chi connectivity index (χ1n) is 7.35. The van der Waals surface area contributed by atoms with E-state index in [0.29, 0.717) is 24.2 Å². The van der Waals surface area contributed by atoms with Gasteiger partial charge in [-0.15, -0.1) is 0 Å². The monoisotopic (exact) mass is 284 g/mol. The van der Waals surface area contributed by atoms with Crippen LogP contribution in [-0.2, 0) is 9.16 Å². The van der Waals surface area contributed by atoms with Crippen LogP contribution in [0.15, 0.2) is 11.3 Å². The molecule has 0 aromatic heterocycles. The molecule has 0 aromatic carbocycles. The Morgan fingerprint density at radius 1 is 1.37 bits per heavy atom. The van der Waals surface area contributed by atoms with Gasteiger partial charge in [0.25, 0.3) is 0 Å². The van der Waals surface area contributed by atoms with E-state index >= 15 is 0 Å². The minimum Gasteiger partial charge on any atom is -0.512 e. The second kappa shape index (κ2) is 5.22. The van der Waals surface area contributed by atoms with E-state index in [1.54, 1.807) is 0 Å². The molecule has 0 radical (unpaired) electrons. The highest BCUT2D eigenvalue weighted by atomic mass is 28.4. The lowest BCUT2D eigenvalue weighted by Crippen LogP contribution is -2.41. The van der Waals surface area contributed by atoms with Gasteiger partial charge in [0.2, 0.25) is 0 Å². The lowest BCUT2D eigenvalue weighted by Gasteiger charge is -2.37. The van der Waals surface area contributed by atoms with Crippen LogP contribution in [0.4, 0.5) is 0 Å². The largest absolute Gasteiger partial charge is 0.512 e. The zero-order valence-electron chi connectivity index (χ0n) is 13.0. The molecule has 1 aliphatic heterocycles. The van der Waals surface area contributed by atoms with Crippen LogP contribution < -0.4 is 0 Å². The lowest BCUT2D eigenvalue weighted by molar-refractivity contribution is 0.0347. The fourth-order valence-corrected chi connectivity index (χ4v) is 3.62. The maximum Gasteiger partial charge on any atom is 0.192 e.